The third-order valence-corrected chi connectivity index (χ3v) is 4.97. The van der Waals surface area contributed by atoms with Gasteiger partial charge in [0.25, 0.3) is 0 Å². The van der Waals surface area contributed by atoms with Crippen LogP contribution in [0, 0.1) is 6.92 Å². The summed E-state index contributed by atoms with van der Waals surface area (Å²) in [5, 5.41) is 0.188. The lowest BCUT2D eigenvalue weighted by molar-refractivity contribution is -0.118. The summed E-state index contributed by atoms with van der Waals surface area (Å²) in [4.78, 5) is 15.3. The van der Waals surface area contributed by atoms with E-state index in [-0.39, 0.29) is 11.2 Å². The summed E-state index contributed by atoms with van der Waals surface area (Å²) in [5.41, 5.74) is 3.48. The molecule has 0 bridgehead atoms. The van der Waals surface area contributed by atoms with Crippen molar-refractivity contribution in [1.82, 2.24) is 0 Å². The maximum atomic E-state index is 12.4. The molecule has 3 rings (SSSR count). The number of thioether (sulfide) groups is 1. The van der Waals surface area contributed by atoms with Crippen molar-refractivity contribution in [2.75, 3.05) is 11.9 Å². The monoisotopic (exact) mass is 283 g/mol. The number of rotatable bonds is 1. The van der Waals surface area contributed by atoms with Crippen LogP contribution in [0.15, 0.2) is 53.4 Å². The summed E-state index contributed by atoms with van der Waals surface area (Å²) < 4.78 is 0. The van der Waals surface area contributed by atoms with Crippen molar-refractivity contribution in [3.8, 4) is 0 Å². The highest BCUT2D eigenvalue weighted by Gasteiger charge is 2.26. The first-order chi connectivity index (χ1) is 9.65. The fourth-order valence-electron chi connectivity index (χ4n) is 2.52. The SMILES string of the molecule is Cc1cccc(C2CC(=O)N(C)c3ccccc3S2)c1. The van der Waals surface area contributed by atoms with Gasteiger partial charge in [0.05, 0.1) is 5.69 Å². The fourth-order valence-corrected chi connectivity index (χ4v) is 3.81. The zero-order chi connectivity index (χ0) is 14.1. The summed E-state index contributed by atoms with van der Waals surface area (Å²) in [5.74, 6) is 0.175. The number of fused-ring (bicyclic) bond motifs is 1. The van der Waals surface area contributed by atoms with Gasteiger partial charge in [-0.1, -0.05) is 42.0 Å². The molecule has 0 saturated carbocycles. The first kappa shape index (κ1) is 13.3. The molecule has 0 fully saturated rings. The van der Waals surface area contributed by atoms with Crippen LogP contribution in [0.1, 0.15) is 22.8 Å². The minimum absolute atomic E-state index is 0.175. The topological polar surface area (TPSA) is 20.3 Å². The number of hydrogen-bond acceptors (Lipinski definition) is 2. The predicted octanol–water partition coefficient (Wildman–Crippen LogP) is 4.19. The molecule has 1 amide bonds. The lowest BCUT2D eigenvalue weighted by Crippen LogP contribution is -2.25. The van der Waals surface area contributed by atoms with Gasteiger partial charge in [0, 0.05) is 23.6 Å². The smallest absolute Gasteiger partial charge is 0.228 e. The number of nitrogens with zero attached hydrogens (tertiary/aromatic N) is 1. The Kier molecular flexibility index (Phi) is 3.53. The van der Waals surface area contributed by atoms with Crippen LogP contribution >= 0.6 is 11.8 Å². The summed E-state index contributed by atoms with van der Waals surface area (Å²) in [7, 11) is 1.86. The van der Waals surface area contributed by atoms with E-state index in [4.69, 9.17) is 0 Å². The van der Waals surface area contributed by atoms with E-state index in [2.05, 4.69) is 37.3 Å². The molecule has 1 heterocycles. The Balaban J connectivity index is 2.02. The van der Waals surface area contributed by atoms with Gasteiger partial charge in [-0.3, -0.25) is 4.79 Å². The molecule has 1 atom stereocenters. The zero-order valence-electron chi connectivity index (χ0n) is 11.7. The van der Waals surface area contributed by atoms with Crippen molar-refractivity contribution in [1.29, 1.82) is 0 Å². The van der Waals surface area contributed by atoms with Crippen LogP contribution in [-0.2, 0) is 4.79 Å². The number of anilines is 1. The molecule has 1 aliphatic rings. The van der Waals surface area contributed by atoms with Crippen LogP contribution in [0.25, 0.3) is 0 Å². The normalized spacial score (nSPS) is 18.6. The van der Waals surface area contributed by atoms with Crippen LogP contribution in [0.3, 0.4) is 0 Å². The largest absolute Gasteiger partial charge is 0.314 e. The van der Waals surface area contributed by atoms with Crippen LogP contribution in [0.2, 0.25) is 0 Å². The van der Waals surface area contributed by atoms with E-state index < -0.39 is 0 Å². The number of benzene rings is 2. The van der Waals surface area contributed by atoms with Gasteiger partial charge < -0.3 is 4.90 Å². The average molecular weight is 283 g/mol. The minimum atomic E-state index is 0.175. The fraction of sp³-hybridized carbons (Fsp3) is 0.235. The van der Waals surface area contributed by atoms with E-state index in [1.165, 1.54) is 16.0 Å². The van der Waals surface area contributed by atoms with Gasteiger partial charge in [-0.25, -0.2) is 0 Å². The van der Waals surface area contributed by atoms with Gasteiger partial charge in [-0.05, 0) is 24.6 Å². The second-order valence-electron chi connectivity index (χ2n) is 5.15. The number of carbonyl (C=O) groups is 1. The van der Waals surface area contributed by atoms with Crippen LogP contribution in [0.5, 0.6) is 0 Å². The highest BCUT2D eigenvalue weighted by molar-refractivity contribution is 7.99. The third-order valence-electron chi connectivity index (χ3n) is 3.64. The molecular formula is C17H17NOS. The highest BCUT2D eigenvalue weighted by Crippen LogP contribution is 2.45. The molecule has 102 valence electrons. The number of amides is 1. The van der Waals surface area contributed by atoms with Crippen LogP contribution in [-0.4, -0.2) is 13.0 Å². The second-order valence-corrected chi connectivity index (χ2v) is 6.39. The van der Waals surface area contributed by atoms with Gasteiger partial charge in [-0.2, -0.15) is 0 Å². The van der Waals surface area contributed by atoms with E-state index >= 15 is 0 Å². The highest BCUT2D eigenvalue weighted by atomic mass is 32.2. The number of hydrogen-bond donors (Lipinski definition) is 0. The van der Waals surface area contributed by atoms with Gasteiger partial charge in [0.2, 0.25) is 5.91 Å². The quantitative estimate of drug-likeness (QED) is 0.782. The molecule has 0 aromatic heterocycles. The Morgan fingerprint density at radius 1 is 1.15 bits per heavy atom. The van der Waals surface area contributed by atoms with Gasteiger partial charge in [0.15, 0.2) is 0 Å². The minimum Gasteiger partial charge on any atom is -0.314 e. The Morgan fingerprint density at radius 2 is 1.95 bits per heavy atom. The number of aryl methyl sites for hydroxylation is 1. The molecule has 0 spiro atoms. The molecule has 20 heavy (non-hydrogen) atoms. The van der Waals surface area contributed by atoms with E-state index in [9.17, 15) is 4.79 Å². The Hall–Kier alpha value is -1.74. The average Bonchev–Trinajstić information content (AvgIpc) is 2.58. The summed E-state index contributed by atoms with van der Waals surface area (Å²) in [6.45, 7) is 2.09. The Bertz CT molecular complexity index is 653. The predicted molar refractivity (Wildman–Crippen MR) is 84.2 cm³/mol. The van der Waals surface area contributed by atoms with Gasteiger partial charge in [-0.15, -0.1) is 11.8 Å². The molecule has 0 radical (unpaired) electrons. The zero-order valence-corrected chi connectivity index (χ0v) is 12.5. The van der Waals surface area contributed by atoms with Crippen molar-refractivity contribution in [2.45, 2.75) is 23.5 Å². The standard InChI is InChI=1S/C17H17NOS/c1-12-6-5-7-13(10-12)16-11-17(19)18(2)14-8-3-4-9-15(14)20-16/h3-10,16H,11H2,1-2H3. The van der Waals surface area contributed by atoms with Crippen molar-refractivity contribution in [3.05, 3.63) is 59.7 Å². The lowest BCUT2D eigenvalue weighted by atomic mass is 10.1. The summed E-state index contributed by atoms with van der Waals surface area (Å²) in [6.07, 6.45) is 0.541. The molecule has 0 saturated heterocycles. The molecule has 2 aromatic rings. The molecule has 0 aliphatic carbocycles. The van der Waals surface area contributed by atoms with Crippen molar-refractivity contribution in [3.63, 3.8) is 0 Å². The first-order valence-corrected chi connectivity index (χ1v) is 7.62. The Morgan fingerprint density at radius 3 is 2.75 bits per heavy atom. The van der Waals surface area contributed by atoms with E-state index in [0.717, 1.165) is 5.69 Å². The molecular weight excluding hydrogens is 266 g/mol. The van der Waals surface area contributed by atoms with Crippen LogP contribution < -0.4 is 4.90 Å². The Labute approximate surface area is 123 Å². The van der Waals surface area contributed by atoms with Gasteiger partial charge >= 0.3 is 0 Å². The van der Waals surface area contributed by atoms with Crippen molar-refractivity contribution < 1.29 is 4.79 Å². The lowest BCUT2D eigenvalue weighted by Gasteiger charge is -2.16. The maximum Gasteiger partial charge on any atom is 0.228 e. The van der Waals surface area contributed by atoms with E-state index in [0.29, 0.717) is 6.42 Å². The second kappa shape index (κ2) is 5.33. The van der Waals surface area contributed by atoms with Crippen molar-refractivity contribution in [2.24, 2.45) is 0 Å². The molecule has 3 heteroatoms. The van der Waals surface area contributed by atoms with Gasteiger partial charge in [0.1, 0.15) is 0 Å². The number of para-hydroxylation sites is 1. The summed E-state index contributed by atoms with van der Waals surface area (Å²) >= 11 is 1.78. The molecule has 2 aromatic carbocycles. The third kappa shape index (κ3) is 2.46. The van der Waals surface area contributed by atoms with E-state index in [1.54, 1.807) is 16.7 Å². The molecule has 1 aliphatic heterocycles. The molecule has 0 N–H and O–H groups in total. The number of carbonyl (C=O) groups excluding carboxylic acids is 1. The van der Waals surface area contributed by atoms with E-state index in [1.807, 2.05) is 25.2 Å². The van der Waals surface area contributed by atoms with Crippen molar-refractivity contribution >= 4 is 23.4 Å². The first-order valence-electron chi connectivity index (χ1n) is 6.74. The summed E-state index contributed by atoms with van der Waals surface area (Å²) in [6, 6.07) is 16.6. The van der Waals surface area contributed by atoms with Crippen LogP contribution in [0.4, 0.5) is 5.69 Å². The molecule has 2 nitrogen and oxygen atoms in total. The maximum absolute atomic E-state index is 12.4. The molecule has 1 unspecified atom stereocenters.